The largest absolute Gasteiger partial charge is 0.321 e. The number of benzene rings is 1. The third-order valence-corrected chi connectivity index (χ3v) is 3.96. The molecule has 0 saturated heterocycles. The highest BCUT2D eigenvalue weighted by molar-refractivity contribution is 5.26. The summed E-state index contributed by atoms with van der Waals surface area (Å²) in [5.41, 5.74) is 7.84. The Morgan fingerprint density at radius 1 is 0.889 bits per heavy atom. The lowest BCUT2D eigenvalue weighted by molar-refractivity contribution is 0.0470. The van der Waals surface area contributed by atoms with Gasteiger partial charge in [-0.3, -0.25) is 0 Å². The molecule has 0 atom stereocenters. The first-order valence-electron chi connectivity index (χ1n) is 6.67. The van der Waals surface area contributed by atoms with Crippen molar-refractivity contribution < 1.29 is 4.39 Å². The Bertz CT molecular complexity index is 415. The molecule has 1 aliphatic carbocycles. The minimum absolute atomic E-state index is 0.198. The van der Waals surface area contributed by atoms with Crippen LogP contribution in [0.25, 0.3) is 0 Å². The smallest absolute Gasteiger partial charge is 0.123 e. The van der Waals surface area contributed by atoms with E-state index in [4.69, 9.17) is 5.73 Å². The molecule has 1 fully saturated rings. The van der Waals surface area contributed by atoms with Gasteiger partial charge in [0.25, 0.3) is 0 Å². The molecule has 2 heteroatoms. The van der Waals surface area contributed by atoms with Gasteiger partial charge >= 0.3 is 0 Å². The normalized spacial score (nSPS) is 24.8. The van der Waals surface area contributed by atoms with Crippen molar-refractivity contribution in [3.8, 4) is 0 Å². The van der Waals surface area contributed by atoms with E-state index in [0.29, 0.717) is 0 Å². The molecule has 0 amide bonds. The maximum Gasteiger partial charge on any atom is 0.123 e. The molecule has 2 N–H and O–H groups in total. The Kier molecular flexibility index (Phi) is 3.05. The molecule has 1 aliphatic rings. The third-order valence-electron chi connectivity index (χ3n) is 3.96. The summed E-state index contributed by atoms with van der Waals surface area (Å²) >= 11 is 0. The first kappa shape index (κ1) is 13.5. The van der Waals surface area contributed by atoms with Gasteiger partial charge in [-0.15, -0.1) is 0 Å². The van der Waals surface area contributed by atoms with E-state index in [1.807, 2.05) is 12.1 Å². The molecule has 1 aromatic rings. The van der Waals surface area contributed by atoms with Crippen molar-refractivity contribution in [2.45, 2.75) is 52.5 Å². The molecule has 0 aliphatic heterocycles. The molecule has 100 valence electrons. The van der Waals surface area contributed by atoms with Crippen molar-refractivity contribution in [2.75, 3.05) is 0 Å². The van der Waals surface area contributed by atoms with Gasteiger partial charge in [-0.25, -0.2) is 4.39 Å². The van der Waals surface area contributed by atoms with Crippen molar-refractivity contribution in [3.05, 3.63) is 35.6 Å². The Morgan fingerprint density at radius 3 is 1.78 bits per heavy atom. The first-order valence-corrected chi connectivity index (χ1v) is 6.67. The summed E-state index contributed by atoms with van der Waals surface area (Å²) in [6.07, 6.45) is 3.09. The Hall–Kier alpha value is -0.890. The molecule has 2 rings (SSSR count). The second-order valence-electron chi connectivity index (χ2n) is 7.52. The molecule has 0 spiro atoms. The van der Waals surface area contributed by atoms with Crippen LogP contribution in [-0.4, -0.2) is 0 Å². The van der Waals surface area contributed by atoms with Crippen molar-refractivity contribution in [2.24, 2.45) is 16.6 Å². The number of nitrogens with two attached hydrogens (primary N) is 1. The Balaban J connectivity index is 2.37. The van der Waals surface area contributed by atoms with E-state index in [0.717, 1.165) is 18.4 Å². The number of halogens is 1. The highest BCUT2D eigenvalue weighted by Crippen LogP contribution is 2.52. The van der Waals surface area contributed by atoms with E-state index in [9.17, 15) is 4.39 Å². The summed E-state index contributed by atoms with van der Waals surface area (Å²) in [5.74, 6) is -0.198. The number of rotatable bonds is 1. The molecule has 1 nitrogen and oxygen atoms in total. The monoisotopic (exact) mass is 249 g/mol. The Morgan fingerprint density at radius 2 is 1.33 bits per heavy atom. The number of hydrogen-bond donors (Lipinski definition) is 1. The summed E-state index contributed by atoms with van der Waals surface area (Å²) < 4.78 is 13.0. The van der Waals surface area contributed by atoms with Crippen LogP contribution in [0.1, 0.15) is 52.5 Å². The quantitative estimate of drug-likeness (QED) is 0.792. The fourth-order valence-corrected chi connectivity index (χ4v) is 4.18. The van der Waals surface area contributed by atoms with Gasteiger partial charge in [0.15, 0.2) is 0 Å². The van der Waals surface area contributed by atoms with Crippen LogP contribution in [0.15, 0.2) is 24.3 Å². The molecular formula is C16H24FN. The van der Waals surface area contributed by atoms with Crippen LogP contribution >= 0.6 is 0 Å². The lowest BCUT2D eigenvalue weighted by atomic mass is 9.57. The average molecular weight is 249 g/mol. The molecule has 18 heavy (non-hydrogen) atoms. The fourth-order valence-electron chi connectivity index (χ4n) is 4.18. The van der Waals surface area contributed by atoms with Crippen LogP contribution in [0, 0.1) is 16.6 Å². The number of hydrogen-bond acceptors (Lipinski definition) is 1. The van der Waals surface area contributed by atoms with E-state index in [2.05, 4.69) is 27.7 Å². The van der Waals surface area contributed by atoms with Crippen molar-refractivity contribution >= 4 is 0 Å². The van der Waals surface area contributed by atoms with Crippen LogP contribution in [0.4, 0.5) is 4.39 Å². The van der Waals surface area contributed by atoms with E-state index in [-0.39, 0.29) is 22.2 Å². The molecule has 0 radical (unpaired) electrons. The zero-order chi connectivity index (χ0) is 13.6. The summed E-state index contributed by atoms with van der Waals surface area (Å²) in [6.45, 7) is 9.11. The average Bonchev–Trinajstić information content (AvgIpc) is 2.12. The second-order valence-corrected chi connectivity index (χ2v) is 7.52. The molecule has 0 unspecified atom stereocenters. The summed E-state index contributed by atoms with van der Waals surface area (Å²) in [4.78, 5) is 0. The van der Waals surface area contributed by atoms with Crippen molar-refractivity contribution in [3.63, 3.8) is 0 Å². The van der Waals surface area contributed by atoms with Gasteiger partial charge in [-0.05, 0) is 47.8 Å². The minimum atomic E-state index is -0.334. The van der Waals surface area contributed by atoms with Gasteiger partial charge < -0.3 is 5.73 Å². The second kappa shape index (κ2) is 4.06. The van der Waals surface area contributed by atoms with Crippen LogP contribution in [0.5, 0.6) is 0 Å². The van der Waals surface area contributed by atoms with Gasteiger partial charge in [0.2, 0.25) is 0 Å². The van der Waals surface area contributed by atoms with E-state index in [1.165, 1.54) is 18.6 Å². The maximum atomic E-state index is 13.0. The summed E-state index contributed by atoms with van der Waals surface area (Å²) in [7, 11) is 0. The van der Waals surface area contributed by atoms with E-state index < -0.39 is 0 Å². The summed E-state index contributed by atoms with van der Waals surface area (Å²) in [5, 5.41) is 0. The zero-order valence-corrected chi connectivity index (χ0v) is 11.9. The first-order chi connectivity index (χ1) is 8.12. The highest BCUT2D eigenvalue weighted by Gasteiger charge is 2.45. The lowest BCUT2D eigenvalue weighted by Gasteiger charge is -2.50. The molecule has 0 aromatic heterocycles. The van der Waals surface area contributed by atoms with E-state index >= 15 is 0 Å². The SMILES string of the molecule is CC1(C)CC(C)(C)CC(N)(c2ccc(F)cc2)C1. The van der Waals surface area contributed by atoms with E-state index in [1.54, 1.807) is 0 Å². The minimum Gasteiger partial charge on any atom is -0.321 e. The molecule has 0 heterocycles. The highest BCUT2D eigenvalue weighted by atomic mass is 19.1. The summed E-state index contributed by atoms with van der Waals surface area (Å²) in [6, 6.07) is 6.71. The molecule has 1 aromatic carbocycles. The maximum absolute atomic E-state index is 13.0. The van der Waals surface area contributed by atoms with Gasteiger partial charge in [-0.1, -0.05) is 39.8 Å². The Labute approximate surface area is 110 Å². The van der Waals surface area contributed by atoms with Gasteiger partial charge in [0.1, 0.15) is 5.82 Å². The molecular weight excluding hydrogens is 225 g/mol. The van der Waals surface area contributed by atoms with Crippen molar-refractivity contribution in [1.29, 1.82) is 0 Å². The van der Waals surface area contributed by atoms with Crippen LogP contribution < -0.4 is 5.73 Å². The zero-order valence-electron chi connectivity index (χ0n) is 11.9. The standard InChI is InChI=1S/C16H24FN/c1-14(2)9-15(3,4)11-16(18,10-14)12-5-7-13(17)8-6-12/h5-8H,9-11,18H2,1-4H3. The van der Waals surface area contributed by atoms with Crippen LogP contribution in [0.3, 0.4) is 0 Å². The topological polar surface area (TPSA) is 26.0 Å². The van der Waals surface area contributed by atoms with Crippen molar-refractivity contribution in [1.82, 2.24) is 0 Å². The fraction of sp³-hybridized carbons (Fsp3) is 0.625. The van der Waals surface area contributed by atoms with Gasteiger partial charge in [0, 0.05) is 5.54 Å². The third kappa shape index (κ3) is 2.74. The molecule has 0 bridgehead atoms. The van der Waals surface area contributed by atoms with Crippen LogP contribution in [-0.2, 0) is 5.54 Å². The van der Waals surface area contributed by atoms with Gasteiger partial charge in [-0.2, -0.15) is 0 Å². The van der Waals surface area contributed by atoms with Crippen LogP contribution in [0.2, 0.25) is 0 Å². The molecule has 1 saturated carbocycles. The van der Waals surface area contributed by atoms with Gasteiger partial charge in [0.05, 0.1) is 0 Å². The predicted molar refractivity (Wildman–Crippen MR) is 73.7 cm³/mol. The predicted octanol–water partition coefficient (Wildman–Crippen LogP) is 4.22. The lowest BCUT2D eigenvalue weighted by Crippen LogP contribution is -2.49.